The second kappa shape index (κ2) is 4.21. The summed E-state index contributed by atoms with van der Waals surface area (Å²) in [6.45, 7) is 6.28. The van der Waals surface area contributed by atoms with Crippen LogP contribution >= 0.6 is 0 Å². The number of hydrogen-bond acceptors (Lipinski definition) is 3. The lowest BCUT2D eigenvalue weighted by atomic mass is 10.0. The first-order valence-electron chi connectivity index (χ1n) is 4.21. The largest absolute Gasteiger partial charge is 0.394 e. The number of nitrogens with two attached hydrogens (primary N) is 1. The van der Waals surface area contributed by atoms with Crippen LogP contribution in [-0.4, -0.2) is 41.3 Å². The minimum absolute atomic E-state index is 0. The lowest BCUT2D eigenvalue weighted by molar-refractivity contribution is 0.184. The summed E-state index contributed by atoms with van der Waals surface area (Å²) in [7, 11) is 0. The Bertz CT molecular complexity index is 138. The summed E-state index contributed by atoms with van der Waals surface area (Å²) in [5.74, 6) is 0. The molecule has 0 aromatic rings. The molecule has 0 spiro atoms. The van der Waals surface area contributed by atoms with Gasteiger partial charge in [0.15, 0.2) is 0 Å². The van der Waals surface area contributed by atoms with E-state index in [9.17, 15) is 0 Å². The van der Waals surface area contributed by atoms with Crippen LogP contribution in [0.4, 0.5) is 0 Å². The molecule has 1 heterocycles. The molecule has 0 unspecified atom stereocenters. The Morgan fingerprint density at radius 1 is 1.58 bits per heavy atom. The zero-order valence-electron chi connectivity index (χ0n) is 7.38. The van der Waals surface area contributed by atoms with Gasteiger partial charge in [0.1, 0.15) is 0 Å². The number of likely N-dealkylation sites (tertiary alicyclic amines) is 1. The van der Waals surface area contributed by atoms with Crippen LogP contribution in [0.3, 0.4) is 0 Å². The van der Waals surface area contributed by atoms with Gasteiger partial charge in [-0.25, -0.2) is 0 Å². The Morgan fingerprint density at radius 3 is 2.42 bits per heavy atom. The van der Waals surface area contributed by atoms with E-state index in [0.717, 1.165) is 19.5 Å². The van der Waals surface area contributed by atoms with E-state index in [2.05, 4.69) is 18.7 Å². The van der Waals surface area contributed by atoms with E-state index >= 15 is 0 Å². The first kappa shape index (κ1) is 11.9. The number of nitrogens with zero attached hydrogens (tertiary/aromatic N) is 1. The van der Waals surface area contributed by atoms with Gasteiger partial charge in [-0.05, 0) is 20.3 Å². The van der Waals surface area contributed by atoms with Crippen molar-refractivity contribution in [2.75, 3.05) is 19.7 Å². The van der Waals surface area contributed by atoms with Crippen molar-refractivity contribution in [3.05, 3.63) is 0 Å². The Balaban J connectivity index is 0.00000121. The summed E-state index contributed by atoms with van der Waals surface area (Å²) < 4.78 is 0. The topological polar surface area (TPSA) is 49.5 Å². The highest BCUT2D eigenvalue weighted by molar-refractivity contribution is 4.94. The van der Waals surface area contributed by atoms with Gasteiger partial charge in [0.25, 0.3) is 0 Å². The quantitative estimate of drug-likeness (QED) is 0.638. The third kappa shape index (κ3) is 2.44. The molecule has 0 aromatic carbocycles. The number of rotatable bonds is 2. The van der Waals surface area contributed by atoms with E-state index in [4.69, 9.17) is 10.8 Å². The van der Waals surface area contributed by atoms with Gasteiger partial charge in [-0.2, -0.15) is 0 Å². The van der Waals surface area contributed by atoms with Gasteiger partial charge >= 0.3 is 0 Å². The van der Waals surface area contributed by atoms with E-state index in [0.29, 0.717) is 6.04 Å². The van der Waals surface area contributed by atoms with Crippen LogP contribution in [0.2, 0.25) is 0 Å². The minimum atomic E-state index is -0.329. The van der Waals surface area contributed by atoms with Crippen LogP contribution in [0.5, 0.6) is 0 Å². The summed E-state index contributed by atoms with van der Waals surface area (Å²) in [4.78, 5) is 2.30. The number of aliphatic hydroxyl groups excluding tert-OH is 1. The SMILES string of the molecule is C.CC(C)N1CC[C@](N)(CO)C1. The fourth-order valence-corrected chi connectivity index (χ4v) is 1.50. The molecule has 3 nitrogen and oxygen atoms in total. The third-order valence-electron chi connectivity index (χ3n) is 2.46. The van der Waals surface area contributed by atoms with Crippen LogP contribution in [0, 0.1) is 0 Å². The van der Waals surface area contributed by atoms with Crippen LogP contribution in [0.15, 0.2) is 0 Å². The summed E-state index contributed by atoms with van der Waals surface area (Å²) >= 11 is 0. The van der Waals surface area contributed by atoms with Crippen molar-refractivity contribution in [3.63, 3.8) is 0 Å². The molecular formula is C9H22N2O. The van der Waals surface area contributed by atoms with Crippen molar-refractivity contribution in [1.29, 1.82) is 0 Å². The molecule has 12 heavy (non-hydrogen) atoms. The van der Waals surface area contributed by atoms with Crippen molar-refractivity contribution in [2.45, 2.75) is 39.3 Å². The Hall–Kier alpha value is -0.120. The van der Waals surface area contributed by atoms with E-state index in [1.54, 1.807) is 0 Å². The summed E-state index contributed by atoms with van der Waals surface area (Å²) in [5.41, 5.74) is 5.57. The molecule has 1 saturated heterocycles. The maximum absolute atomic E-state index is 8.97. The Labute approximate surface area is 75.6 Å². The standard InChI is InChI=1S/C8H18N2O.CH4/c1-7(2)10-4-3-8(9,5-10)6-11;/h7,11H,3-6,9H2,1-2H3;1H4/t8-;/m1./s1. The van der Waals surface area contributed by atoms with E-state index in [1.165, 1.54) is 0 Å². The van der Waals surface area contributed by atoms with Crippen LogP contribution in [0.1, 0.15) is 27.7 Å². The van der Waals surface area contributed by atoms with Gasteiger partial charge in [-0.15, -0.1) is 0 Å². The second-order valence-electron chi connectivity index (χ2n) is 3.83. The van der Waals surface area contributed by atoms with Gasteiger partial charge in [-0.3, -0.25) is 4.90 Å². The molecule has 1 rings (SSSR count). The molecule has 0 bridgehead atoms. The van der Waals surface area contributed by atoms with E-state index < -0.39 is 0 Å². The highest BCUT2D eigenvalue weighted by Gasteiger charge is 2.34. The lowest BCUT2D eigenvalue weighted by Crippen LogP contribution is -2.46. The number of aliphatic hydroxyl groups is 1. The zero-order chi connectivity index (χ0) is 8.48. The molecule has 3 heteroatoms. The highest BCUT2D eigenvalue weighted by Crippen LogP contribution is 2.19. The minimum Gasteiger partial charge on any atom is -0.394 e. The molecule has 0 amide bonds. The molecule has 1 fully saturated rings. The molecular weight excluding hydrogens is 152 g/mol. The predicted molar refractivity (Wildman–Crippen MR) is 52.1 cm³/mol. The first-order valence-corrected chi connectivity index (χ1v) is 4.21. The van der Waals surface area contributed by atoms with Crippen molar-refractivity contribution in [3.8, 4) is 0 Å². The van der Waals surface area contributed by atoms with Gasteiger partial charge < -0.3 is 10.8 Å². The predicted octanol–water partition coefficient (Wildman–Crippen LogP) is 0.426. The van der Waals surface area contributed by atoms with Crippen LogP contribution < -0.4 is 5.73 Å². The second-order valence-corrected chi connectivity index (χ2v) is 3.83. The molecule has 0 aromatic heterocycles. The molecule has 1 aliphatic rings. The highest BCUT2D eigenvalue weighted by atomic mass is 16.3. The Kier molecular flexibility index (Phi) is 4.17. The fraction of sp³-hybridized carbons (Fsp3) is 1.00. The van der Waals surface area contributed by atoms with Crippen molar-refractivity contribution in [1.82, 2.24) is 4.90 Å². The molecule has 1 aliphatic heterocycles. The van der Waals surface area contributed by atoms with Crippen molar-refractivity contribution in [2.24, 2.45) is 5.73 Å². The monoisotopic (exact) mass is 174 g/mol. The fourth-order valence-electron chi connectivity index (χ4n) is 1.50. The van der Waals surface area contributed by atoms with Gasteiger partial charge in [0, 0.05) is 19.1 Å². The summed E-state index contributed by atoms with van der Waals surface area (Å²) in [5, 5.41) is 8.97. The molecule has 0 saturated carbocycles. The first-order chi connectivity index (χ1) is 5.07. The molecule has 0 aliphatic carbocycles. The molecule has 74 valence electrons. The van der Waals surface area contributed by atoms with Crippen molar-refractivity contribution >= 4 is 0 Å². The van der Waals surface area contributed by atoms with E-state index in [-0.39, 0.29) is 19.6 Å². The van der Waals surface area contributed by atoms with Crippen molar-refractivity contribution < 1.29 is 5.11 Å². The summed E-state index contributed by atoms with van der Waals surface area (Å²) in [6, 6.07) is 0.548. The van der Waals surface area contributed by atoms with Crippen LogP contribution in [-0.2, 0) is 0 Å². The molecule has 3 N–H and O–H groups in total. The molecule has 0 radical (unpaired) electrons. The molecule has 1 atom stereocenters. The lowest BCUT2D eigenvalue weighted by Gasteiger charge is -2.24. The van der Waals surface area contributed by atoms with E-state index in [1.807, 2.05) is 0 Å². The number of hydrogen-bond donors (Lipinski definition) is 2. The summed E-state index contributed by atoms with van der Waals surface area (Å²) in [6.07, 6.45) is 0.918. The van der Waals surface area contributed by atoms with Gasteiger partial charge in [-0.1, -0.05) is 7.43 Å². The normalized spacial score (nSPS) is 30.8. The van der Waals surface area contributed by atoms with Gasteiger partial charge in [0.05, 0.1) is 12.1 Å². The average molecular weight is 174 g/mol. The van der Waals surface area contributed by atoms with Crippen LogP contribution in [0.25, 0.3) is 0 Å². The Morgan fingerprint density at radius 2 is 2.17 bits per heavy atom. The van der Waals surface area contributed by atoms with Gasteiger partial charge in [0.2, 0.25) is 0 Å². The maximum atomic E-state index is 8.97. The smallest absolute Gasteiger partial charge is 0.0624 e. The average Bonchev–Trinajstić information content (AvgIpc) is 2.33. The maximum Gasteiger partial charge on any atom is 0.0624 e. The third-order valence-corrected chi connectivity index (χ3v) is 2.46. The zero-order valence-corrected chi connectivity index (χ0v) is 7.38.